The number of esters is 1. The van der Waals surface area contributed by atoms with E-state index in [-0.39, 0.29) is 5.97 Å². The van der Waals surface area contributed by atoms with E-state index < -0.39 is 0 Å². The highest BCUT2D eigenvalue weighted by atomic mass is 16.5. The fraction of sp³-hybridized carbons (Fsp3) is 0.863. The molecule has 0 aromatic heterocycles. The van der Waals surface area contributed by atoms with Gasteiger partial charge in [0.15, 0.2) is 11.5 Å². The molecule has 0 heterocycles. The van der Waals surface area contributed by atoms with Crippen LogP contribution in [0.25, 0.3) is 0 Å². The molecule has 0 radical (unpaired) electrons. The average molecular weight is 787 g/mol. The van der Waals surface area contributed by atoms with Crippen molar-refractivity contribution in [2.45, 2.75) is 259 Å². The summed E-state index contributed by atoms with van der Waals surface area (Å²) in [6.45, 7) is 10.9. The van der Waals surface area contributed by atoms with Crippen LogP contribution >= 0.6 is 0 Å². The van der Waals surface area contributed by atoms with Crippen LogP contribution in [0.4, 0.5) is 0 Å². The van der Waals surface area contributed by atoms with E-state index in [0.29, 0.717) is 49.2 Å². The van der Waals surface area contributed by atoms with E-state index in [9.17, 15) is 4.79 Å². The quantitative estimate of drug-likeness (QED) is 0.0487. The van der Waals surface area contributed by atoms with Gasteiger partial charge in [0.1, 0.15) is 0 Å². The van der Waals surface area contributed by atoms with Crippen LogP contribution in [0, 0.1) is 0 Å². The lowest BCUT2D eigenvalue weighted by atomic mass is 10.1. The third-order valence-corrected chi connectivity index (χ3v) is 11.3. The molecule has 0 fully saturated rings. The summed E-state index contributed by atoms with van der Waals surface area (Å²) in [4.78, 5) is 12.9. The molecule has 0 unspecified atom stereocenters. The van der Waals surface area contributed by atoms with Gasteiger partial charge in [-0.3, -0.25) is 0 Å². The predicted octanol–water partition coefficient (Wildman–Crippen LogP) is 17.1. The van der Waals surface area contributed by atoms with Crippen LogP contribution in [0.3, 0.4) is 0 Å². The Morgan fingerprint density at radius 1 is 0.357 bits per heavy atom. The molecule has 5 heteroatoms. The standard InChI is InChI=1S/C51H94O5/c1-5-9-12-15-18-21-24-27-30-33-36-39-42-54-48-45-47(51(52)53-8-4)46-49(55-43-40-37-34-31-28-25-22-19-16-13-10-6-2)50(48)56-44-41-38-35-32-29-26-23-20-17-14-11-7-3/h45-46H,5-44H2,1-4H3. The first-order valence-electron chi connectivity index (χ1n) is 24.9. The second-order valence-corrected chi connectivity index (χ2v) is 16.7. The number of ether oxygens (including phenoxy) is 4. The van der Waals surface area contributed by atoms with Crippen LogP contribution in [0.5, 0.6) is 17.2 Å². The minimum Gasteiger partial charge on any atom is -0.490 e. The van der Waals surface area contributed by atoms with Crippen LogP contribution in [0.15, 0.2) is 12.1 Å². The second-order valence-electron chi connectivity index (χ2n) is 16.7. The van der Waals surface area contributed by atoms with Gasteiger partial charge < -0.3 is 18.9 Å². The third-order valence-electron chi connectivity index (χ3n) is 11.3. The highest BCUT2D eigenvalue weighted by molar-refractivity contribution is 5.91. The van der Waals surface area contributed by atoms with Gasteiger partial charge in [0.25, 0.3) is 0 Å². The summed E-state index contributed by atoms with van der Waals surface area (Å²) in [7, 11) is 0. The molecule has 0 aliphatic heterocycles. The first kappa shape index (κ1) is 52.1. The molecule has 0 N–H and O–H groups in total. The van der Waals surface area contributed by atoms with Gasteiger partial charge >= 0.3 is 5.97 Å². The fourth-order valence-corrected chi connectivity index (χ4v) is 7.63. The zero-order valence-electron chi connectivity index (χ0n) is 38.0. The number of benzene rings is 1. The topological polar surface area (TPSA) is 54.0 Å². The van der Waals surface area contributed by atoms with Crippen LogP contribution in [0.1, 0.15) is 269 Å². The largest absolute Gasteiger partial charge is 0.490 e. The summed E-state index contributed by atoms with van der Waals surface area (Å²) in [6.07, 6.45) is 47.2. The Bertz CT molecular complexity index is 926. The molecule has 0 saturated heterocycles. The smallest absolute Gasteiger partial charge is 0.338 e. The molecule has 328 valence electrons. The minimum atomic E-state index is -0.342. The molecule has 1 aromatic carbocycles. The fourth-order valence-electron chi connectivity index (χ4n) is 7.63. The molecule has 1 rings (SSSR count). The van der Waals surface area contributed by atoms with E-state index in [2.05, 4.69) is 20.8 Å². The van der Waals surface area contributed by atoms with Gasteiger partial charge in [-0.1, -0.05) is 233 Å². The van der Waals surface area contributed by atoms with E-state index >= 15 is 0 Å². The number of carbonyl (C=O) groups excluding carboxylic acids is 1. The summed E-state index contributed by atoms with van der Waals surface area (Å²) >= 11 is 0. The van der Waals surface area contributed by atoms with E-state index in [0.717, 1.165) is 32.1 Å². The summed E-state index contributed by atoms with van der Waals surface area (Å²) in [5.74, 6) is 1.54. The Morgan fingerprint density at radius 2 is 0.607 bits per heavy atom. The SMILES string of the molecule is CCCCCCCCCCCCCCOc1cc(C(=O)OCC)cc(OCCCCCCCCCCCCCC)c1OCCCCCCCCCCCCCC. The van der Waals surface area contributed by atoms with Crippen molar-refractivity contribution >= 4 is 5.97 Å². The number of rotatable bonds is 44. The molecule has 0 saturated carbocycles. The van der Waals surface area contributed by atoms with Crippen molar-refractivity contribution in [1.82, 2.24) is 0 Å². The summed E-state index contributed by atoms with van der Waals surface area (Å²) in [5.41, 5.74) is 0.471. The lowest BCUT2D eigenvalue weighted by Crippen LogP contribution is -2.10. The van der Waals surface area contributed by atoms with Crippen LogP contribution in [-0.2, 0) is 4.74 Å². The Balaban J connectivity index is 2.66. The lowest BCUT2D eigenvalue weighted by Gasteiger charge is -2.19. The number of unbranched alkanes of at least 4 members (excludes halogenated alkanes) is 33. The van der Waals surface area contributed by atoms with Gasteiger partial charge in [0, 0.05) is 0 Å². The Labute approximate surface area is 348 Å². The van der Waals surface area contributed by atoms with Crippen molar-refractivity contribution in [3.8, 4) is 17.2 Å². The number of hydrogen-bond acceptors (Lipinski definition) is 5. The monoisotopic (exact) mass is 787 g/mol. The van der Waals surface area contributed by atoms with Gasteiger partial charge in [0.05, 0.1) is 32.0 Å². The van der Waals surface area contributed by atoms with E-state index in [1.54, 1.807) is 0 Å². The Kier molecular flexibility index (Phi) is 38.4. The first-order valence-corrected chi connectivity index (χ1v) is 24.9. The molecule has 0 bridgehead atoms. The average Bonchev–Trinajstić information content (AvgIpc) is 3.20. The maximum absolute atomic E-state index is 12.9. The molecule has 56 heavy (non-hydrogen) atoms. The Morgan fingerprint density at radius 3 is 0.875 bits per heavy atom. The molecular formula is C51H94O5. The maximum atomic E-state index is 12.9. The summed E-state index contributed by atoms with van der Waals surface area (Å²) in [6, 6.07) is 3.62. The maximum Gasteiger partial charge on any atom is 0.338 e. The van der Waals surface area contributed by atoms with Crippen LogP contribution < -0.4 is 14.2 Å². The van der Waals surface area contributed by atoms with Crippen molar-refractivity contribution in [1.29, 1.82) is 0 Å². The Hall–Kier alpha value is -1.91. The van der Waals surface area contributed by atoms with Gasteiger partial charge in [-0.05, 0) is 38.3 Å². The normalized spacial score (nSPS) is 11.3. The molecule has 0 amide bonds. The third kappa shape index (κ3) is 31.1. The van der Waals surface area contributed by atoms with E-state index in [1.165, 1.54) is 199 Å². The zero-order valence-corrected chi connectivity index (χ0v) is 38.0. The molecule has 1 aromatic rings. The van der Waals surface area contributed by atoms with Crippen molar-refractivity contribution in [2.75, 3.05) is 26.4 Å². The number of hydrogen-bond donors (Lipinski definition) is 0. The zero-order chi connectivity index (χ0) is 40.4. The van der Waals surface area contributed by atoms with Crippen LogP contribution in [0.2, 0.25) is 0 Å². The molecule has 0 aliphatic carbocycles. The van der Waals surface area contributed by atoms with Crippen molar-refractivity contribution in [3.05, 3.63) is 17.7 Å². The van der Waals surface area contributed by atoms with Crippen LogP contribution in [-0.4, -0.2) is 32.4 Å². The highest BCUT2D eigenvalue weighted by Gasteiger charge is 2.20. The van der Waals surface area contributed by atoms with Gasteiger partial charge in [-0.25, -0.2) is 4.79 Å². The summed E-state index contributed by atoms with van der Waals surface area (Å²) < 4.78 is 24.7. The molecule has 5 nitrogen and oxygen atoms in total. The summed E-state index contributed by atoms with van der Waals surface area (Å²) in [5, 5.41) is 0. The molecule has 0 atom stereocenters. The van der Waals surface area contributed by atoms with E-state index in [1.807, 2.05) is 19.1 Å². The van der Waals surface area contributed by atoms with Gasteiger partial charge in [0.2, 0.25) is 5.75 Å². The predicted molar refractivity (Wildman–Crippen MR) is 242 cm³/mol. The van der Waals surface area contributed by atoms with Gasteiger partial charge in [-0.2, -0.15) is 0 Å². The number of carbonyl (C=O) groups is 1. The van der Waals surface area contributed by atoms with Crippen molar-refractivity contribution in [3.63, 3.8) is 0 Å². The molecular weight excluding hydrogens is 693 g/mol. The second kappa shape index (κ2) is 41.3. The lowest BCUT2D eigenvalue weighted by molar-refractivity contribution is 0.0525. The van der Waals surface area contributed by atoms with E-state index in [4.69, 9.17) is 18.9 Å². The van der Waals surface area contributed by atoms with Crippen molar-refractivity contribution in [2.24, 2.45) is 0 Å². The molecule has 0 aliphatic rings. The molecule has 0 spiro atoms. The first-order chi connectivity index (χ1) is 27.7. The van der Waals surface area contributed by atoms with Crippen molar-refractivity contribution < 1.29 is 23.7 Å². The minimum absolute atomic E-state index is 0.333. The highest BCUT2D eigenvalue weighted by Crippen LogP contribution is 2.40. The van der Waals surface area contributed by atoms with Gasteiger partial charge in [-0.15, -0.1) is 0 Å².